The molecular formula is C18H38O2Si. The van der Waals surface area contributed by atoms with Gasteiger partial charge in [0, 0.05) is 6.42 Å². The molecule has 0 amide bonds. The molecular weight excluding hydrogens is 276 g/mol. The zero-order valence-corrected chi connectivity index (χ0v) is 17.0. The first-order valence-electron chi connectivity index (χ1n) is 9.21. The van der Waals surface area contributed by atoms with Gasteiger partial charge in [-0.2, -0.15) is 0 Å². The molecule has 0 unspecified atom stereocenters. The average molecular weight is 315 g/mol. The molecule has 0 aliphatic carbocycles. The number of hydrogen-bond donors (Lipinski definition) is 0. The van der Waals surface area contributed by atoms with E-state index in [0.29, 0.717) is 22.3 Å². The minimum atomic E-state index is 0.0154. The Balaban J connectivity index is 4.39. The van der Waals surface area contributed by atoms with Crippen molar-refractivity contribution in [3.8, 4) is 0 Å². The van der Waals surface area contributed by atoms with Crippen molar-refractivity contribution >= 4 is 16.5 Å². The van der Waals surface area contributed by atoms with Gasteiger partial charge in [0.15, 0.2) is 0 Å². The Labute approximate surface area is 136 Å². The lowest BCUT2D eigenvalue weighted by atomic mass is 9.72. The van der Waals surface area contributed by atoms with E-state index in [0.717, 1.165) is 6.42 Å². The molecule has 0 aliphatic rings. The van der Waals surface area contributed by atoms with E-state index in [4.69, 9.17) is 4.43 Å². The van der Waals surface area contributed by atoms with Gasteiger partial charge in [-0.25, -0.2) is 0 Å². The Morgan fingerprint density at radius 2 is 1.38 bits per heavy atom. The van der Waals surface area contributed by atoms with E-state index in [1.807, 2.05) is 0 Å². The van der Waals surface area contributed by atoms with Crippen LogP contribution in [-0.4, -0.2) is 16.5 Å². The van der Waals surface area contributed by atoms with Crippen LogP contribution in [0.25, 0.3) is 0 Å². The smallest absolute Gasteiger partial charge is 0.291 e. The van der Waals surface area contributed by atoms with Crippen molar-refractivity contribution in [3.05, 3.63) is 0 Å². The van der Waals surface area contributed by atoms with Crippen LogP contribution in [0.3, 0.4) is 0 Å². The SMILES string of the molecule is CCCCCCC(CC)(CCCCCC)CCC(=O)O[SiH3]. The van der Waals surface area contributed by atoms with Gasteiger partial charge in [-0.15, -0.1) is 0 Å². The number of rotatable bonds is 14. The van der Waals surface area contributed by atoms with Crippen molar-refractivity contribution in [2.75, 3.05) is 0 Å². The molecule has 0 radical (unpaired) electrons. The molecule has 0 aliphatic heterocycles. The van der Waals surface area contributed by atoms with Gasteiger partial charge in [0.1, 0.15) is 0 Å². The molecule has 0 rings (SSSR count). The van der Waals surface area contributed by atoms with Gasteiger partial charge in [-0.3, -0.25) is 4.79 Å². The second kappa shape index (κ2) is 13.4. The van der Waals surface area contributed by atoms with Gasteiger partial charge < -0.3 is 4.43 Å². The number of unbranched alkanes of at least 4 members (excludes halogenated alkanes) is 6. The fourth-order valence-electron chi connectivity index (χ4n) is 3.23. The summed E-state index contributed by atoms with van der Waals surface area (Å²) in [5, 5.41) is 0. The minimum Gasteiger partial charge on any atom is -0.529 e. The Bertz CT molecular complexity index is 242. The van der Waals surface area contributed by atoms with Crippen LogP contribution >= 0.6 is 0 Å². The Hall–Kier alpha value is -0.313. The molecule has 0 aromatic carbocycles. The summed E-state index contributed by atoms with van der Waals surface area (Å²) in [7, 11) is 0.533. The van der Waals surface area contributed by atoms with E-state index in [1.165, 1.54) is 70.6 Å². The molecule has 0 atom stereocenters. The molecule has 2 nitrogen and oxygen atoms in total. The maximum atomic E-state index is 11.5. The van der Waals surface area contributed by atoms with E-state index in [9.17, 15) is 4.79 Å². The molecule has 0 saturated heterocycles. The largest absolute Gasteiger partial charge is 0.529 e. The monoisotopic (exact) mass is 314 g/mol. The lowest BCUT2D eigenvalue weighted by Crippen LogP contribution is -2.22. The van der Waals surface area contributed by atoms with Crippen LogP contribution in [0.2, 0.25) is 0 Å². The van der Waals surface area contributed by atoms with Crippen molar-refractivity contribution in [2.45, 2.75) is 104 Å². The molecule has 0 heterocycles. The highest BCUT2D eigenvalue weighted by Gasteiger charge is 2.27. The summed E-state index contributed by atoms with van der Waals surface area (Å²) in [5.41, 5.74) is 0.386. The fraction of sp³-hybridized carbons (Fsp3) is 0.944. The molecule has 126 valence electrons. The van der Waals surface area contributed by atoms with Gasteiger partial charge in [-0.05, 0) is 24.7 Å². The summed E-state index contributed by atoms with van der Waals surface area (Å²) in [5.74, 6) is 0.0154. The van der Waals surface area contributed by atoms with Gasteiger partial charge >= 0.3 is 0 Å². The van der Waals surface area contributed by atoms with Gasteiger partial charge in [0.2, 0.25) is 10.5 Å². The molecule has 0 spiro atoms. The summed E-state index contributed by atoms with van der Waals surface area (Å²) in [6.07, 6.45) is 16.1. The minimum absolute atomic E-state index is 0.0154. The van der Waals surface area contributed by atoms with Crippen LogP contribution < -0.4 is 0 Å². The van der Waals surface area contributed by atoms with Crippen molar-refractivity contribution < 1.29 is 9.22 Å². The van der Waals surface area contributed by atoms with Gasteiger partial charge in [-0.1, -0.05) is 78.6 Å². The highest BCUT2D eigenvalue weighted by molar-refractivity contribution is 6.05. The van der Waals surface area contributed by atoms with Gasteiger partial charge in [0.25, 0.3) is 5.97 Å². The summed E-state index contributed by atoms with van der Waals surface area (Å²) in [6, 6.07) is 0. The van der Waals surface area contributed by atoms with E-state index in [-0.39, 0.29) is 5.97 Å². The molecule has 0 fully saturated rings. The number of carbonyl (C=O) groups excluding carboxylic acids is 1. The topological polar surface area (TPSA) is 26.3 Å². The molecule has 0 bridgehead atoms. The van der Waals surface area contributed by atoms with Crippen molar-refractivity contribution in [1.82, 2.24) is 0 Å². The molecule has 0 aromatic heterocycles. The van der Waals surface area contributed by atoms with Crippen LogP contribution in [-0.2, 0) is 9.22 Å². The Kier molecular flexibility index (Phi) is 13.2. The zero-order chi connectivity index (χ0) is 16.0. The average Bonchev–Trinajstić information content (AvgIpc) is 2.52. The highest BCUT2D eigenvalue weighted by Crippen LogP contribution is 2.39. The first kappa shape index (κ1) is 20.7. The normalized spacial score (nSPS) is 11.8. The lowest BCUT2D eigenvalue weighted by molar-refractivity contribution is -0.134. The maximum absolute atomic E-state index is 11.5. The Morgan fingerprint density at radius 3 is 1.76 bits per heavy atom. The third-order valence-electron chi connectivity index (χ3n) is 4.96. The first-order valence-corrected chi connectivity index (χ1v) is 10.0. The van der Waals surface area contributed by atoms with Crippen LogP contribution in [0.5, 0.6) is 0 Å². The van der Waals surface area contributed by atoms with Crippen LogP contribution in [0, 0.1) is 5.41 Å². The Morgan fingerprint density at radius 1 is 0.857 bits per heavy atom. The lowest BCUT2D eigenvalue weighted by Gasteiger charge is -2.33. The standard InChI is InChI=1S/C18H38O2Si/c1-4-7-9-11-14-18(6-3,15-12-10-8-5-2)16-13-17(19)20-21/h4-16H2,1-3,21H3. The van der Waals surface area contributed by atoms with Crippen molar-refractivity contribution in [3.63, 3.8) is 0 Å². The quantitative estimate of drug-likeness (QED) is 0.336. The summed E-state index contributed by atoms with van der Waals surface area (Å²) < 4.78 is 4.98. The molecule has 3 heteroatoms. The third-order valence-corrected chi connectivity index (χ3v) is 5.41. The van der Waals surface area contributed by atoms with E-state index in [2.05, 4.69) is 20.8 Å². The van der Waals surface area contributed by atoms with Crippen molar-refractivity contribution in [2.24, 2.45) is 5.41 Å². The van der Waals surface area contributed by atoms with E-state index in [1.54, 1.807) is 0 Å². The predicted octanol–water partition coefficient (Wildman–Crippen LogP) is 4.93. The van der Waals surface area contributed by atoms with E-state index < -0.39 is 0 Å². The highest BCUT2D eigenvalue weighted by atomic mass is 28.2. The van der Waals surface area contributed by atoms with E-state index >= 15 is 0 Å². The molecule has 0 aromatic rings. The predicted molar refractivity (Wildman–Crippen MR) is 95.5 cm³/mol. The fourth-order valence-corrected chi connectivity index (χ4v) is 3.43. The van der Waals surface area contributed by atoms with Crippen LogP contribution in [0.15, 0.2) is 0 Å². The summed E-state index contributed by atoms with van der Waals surface area (Å²) in [4.78, 5) is 11.5. The third kappa shape index (κ3) is 10.1. The summed E-state index contributed by atoms with van der Waals surface area (Å²) in [6.45, 7) is 6.84. The zero-order valence-electron chi connectivity index (χ0n) is 15.0. The van der Waals surface area contributed by atoms with Crippen molar-refractivity contribution in [1.29, 1.82) is 0 Å². The summed E-state index contributed by atoms with van der Waals surface area (Å²) >= 11 is 0. The molecule has 21 heavy (non-hydrogen) atoms. The van der Waals surface area contributed by atoms with Crippen LogP contribution in [0.1, 0.15) is 104 Å². The van der Waals surface area contributed by atoms with Gasteiger partial charge in [0.05, 0.1) is 0 Å². The maximum Gasteiger partial charge on any atom is 0.291 e. The second-order valence-electron chi connectivity index (χ2n) is 6.55. The molecule has 0 saturated carbocycles. The van der Waals surface area contributed by atoms with Crippen LogP contribution in [0.4, 0.5) is 0 Å². The first-order chi connectivity index (χ1) is 10.1. The number of carbonyl (C=O) groups is 1. The molecule has 0 N–H and O–H groups in total. The second-order valence-corrected chi connectivity index (χ2v) is 6.96. The number of hydrogen-bond acceptors (Lipinski definition) is 2.